The van der Waals surface area contributed by atoms with Crippen LogP contribution in [0.4, 0.5) is 0 Å². The van der Waals surface area contributed by atoms with Gasteiger partial charge in [0.05, 0.1) is 12.3 Å². The summed E-state index contributed by atoms with van der Waals surface area (Å²) in [6.45, 7) is 4.17. The molecule has 128 valence electrons. The number of fused-ring (bicyclic) bond motifs is 1. The molecule has 0 unspecified atom stereocenters. The molecular formula is C18H29N3OS. The molecule has 3 fully saturated rings. The Bertz CT molecular complexity index is 524. The lowest BCUT2D eigenvalue weighted by Crippen LogP contribution is -2.51. The van der Waals surface area contributed by atoms with E-state index in [1.807, 2.05) is 4.68 Å². The molecule has 0 amide bonds. The molecule has 0 spiro atoms. The average molecular weight is 336 g/mol. The largest absolute Gasteiger partial charge is 0.380 e. The standard InChI is InChI=1S/C18H29N3OS/c1-20-11-15(18(19-20)14-5-3-2-4-6-14)12-21-8-10-23-17-13-22-9-7-16(17)21/h11,14,16-17H,2-10,12-13H2,1H3/t16-,17+/m1/s1. The third-order valence-corrected chi connectivity index (χ3v) is 7.05. The molecule has 0 aromatic carbocycles. The van der Waals surface area contributed by atoms with Crippen molar-refractivity contribution in [3.8, 4) is 0 Å². The predicted octanol–water partition coefficient (Wildman–Crippen LogP) is 3.17. The van der Waals surface area contributed by atoms with E-state index >= 15 is 0 Å². The van der Waals surface area contributed by atoms with Crippen molar-refractivity contribution in [3.05, 3.63) is 17.5 Å². The number of aryl methyl sites for hydroxylation is 1. The van der Waals surface area contributed by atoms with E-state index in [4.69, 9.17) is 9.84 Å². The van der Waals surface area contributed by atoms with Crippen LogP contribution in [0, 0.1) is 0 Å². The number of nitrogens with zero attached hydrogens (tertiary/aromatic N) is 3. The van der Waals surface area contributed by atoms with Gasteiger partial charge in [0.15, 0.2) is 0 Å². The molecule has 4 rings (SSSR count). The van der Waals surface area contributed by atoms with E-state index in [1.165, 1.54) is 62.1 Å². The molecule has 0 bridgehead atoms. The van der Waals surface area contributed by atoms with E-state index in [0.717, 1.165) is 19.8 Å². The lowest BCUT2D eigenvalue weighted by atomic mass is 9.85. The molecule has 5 heteroatoms. The van der Waals surface area contributed by atoms with E-state index in [2.05, 4.69) is 29.9 Å². The van der Waals surface area contributed by atoms with Crippen molar-refractivity contribution in [2.45, 2.75) is 62.3 Å². The van der Waals surface area contributed by atoms with Crippen molar-refractivity contribution < 1.29 is 4.74 Å². The number of ether oxygens (including phenoxy) is 1. The Hall–Kier alpha value is -0.520. The minimum absolute atomic E-state index is 0.673. The Balaban J connectivity index is 1.51. The maximum absolute atomic E-state index is 5.70. The van der Waals surface area contributed by atoms with Gasteiger partial charge in [-0.05, 0) is 19.3 Å². The highest BCUT2D eigenvalue weighted by atomic mass is 32.2. The zero-order valence-corrected chi connectivity index (χ0v) is 15.1. The molecule has 2 saturated heterocycles. The highest BCUT2D eigenvalue weighted by Gasteiger charge is 2.35. The van der Waals surface area contributed by atoms with Gasteiger partial charge in [-0.15, -0.1) is 0 Å². The van der Waals surface area contributed by atoms with Gasteiger partial charge in [-0.2, -0.15) is 16.9 Å². The SMILES string of the molecule is Cn1cc(CN2CCS[C@H]3COCC[C@H]32)c(C2CCCCC2)n1. The van der Waals surface area contributed by atoms with Gasteiger partial charge in [-0.1, -0.05) is 19.3 Å². The summed E-state index contributed by atoms with van der Waals surface area (Å²) < 4.78 is 7.74. The molecule has 1 aromatic heterocycles. The zero-order valence-electron chi connectivity index (χ0n) is 14.2. The smallest absolute Gasteiger partial charge is 0.0700 e. The van der Waals surface area contributed by atoms with E-state index in [1.54, 1.807) is 0 Å². The highest BCUT2D eigenvalue weighted by Crippen LogP contribution is 2.36. The first-order chi connectivity index (χ1) is 11.3. The topological polar surface area (TPSA) is 30.3 Å². The van der Waals surface area contributed by atoms with Crippen LogP contribution in [0.25, 0.3) is 0 Å². The maximum atomic E-state index is 5.70. The van der Waals surface area contributed by atoms with Crippen LogP contribution in [0.2, 0.25) is 0 Å². The summed E-state index contributed by atoms with van der Waals surface area (Å²) in [4.78, 5) is 2.72. The predicted molar refractivity (Wildman–Crippen MR) is 94.9 cm³/mol. The second kappa shape index (κ2) is 7.16. The normalized spacial score (nSPS) is 30.3. The van der Waals surface area contributed by atoms with Crippen LogP contribution >= 0.6 is 11.8 Å². The van der Waals surface area contributed by atoms with E-state index in [9.17, 15) is 0 Å². The number of hydrogen-bond donors (Lipinski definition) is 0. The minimum Gasteiger partial charge on any atom is -0.380 e. The number of rotatable bonds is 3. The van der Waals surface area contributed by atoms with Crippen molar-refractivity contribution in [2.75, 3.05) is 25.5 Å². The second-order valence-corrected chi connectivity index (χ2v) is 8.71. The average Bonchev–Trinajstić information content (AvgIpc) is 2.96. The number of aromatic nitrogens is 2. The molecule has 1 aromatic rings. The summed E-state index contributed by atoms with van der Waals surface area (Å²) in [5.74, 6) is 1.94. The third kappa shape index (κ3) is 3.47. The fourth-order valence-corrected chi connectivity index (χ4v) is 5.94. The zero-order chi connectivity index (χ0) is 15.6. The summed E-state index contributed by atoms with van der Waals surface area (Å²) in [5, 5.41) is 5.54. The van der Waals surface area contributed by atoms with Crippen molar-refractivity contribution in [1.29, 1.82) is 0 Å². The fraction of sp³-hybridized carbons (Fsp3) is 0.833. The quantitative estimate of drug-likeness (QED) is 0.849. The number of hydrogen-bond acceptors (Lipinski definition) is 4. The molecule has 0 radical (unpaired) electrons. The van der Waals surface area contributed by atoms with Crippen LogP contribution in [0.15, 0.2) is 6.20 Å². The number of thioether (sulfide) groups is 1. The molecule has 1 saturated carbocycles. The van der Waals surface area contributed by atoms with Crippen LogP contribution in [-0.2, 0) is 18.3 Å². The summed E-state index contributed by atoms with van der Waals surface area (Å²) in [6, 6.07) is 0.696. The lowest BCUT2D eigenvalue weighted by Gasteiger charge is -2.43. The van der Waals surface area contributed by atoms with Crippen LogP contribution in [0.5, 0.6) is 0 Å². The van der Waals surface area contributed by atoms with Gasteiger partial charge < -0.3 is 4.74 Å². The molecule has 3 heterocycles. The van der Waals surface area contributed by atoms with Gasteiger partial charge in [0.1, 0.15) is 0 Å². The molecule has 1 aliphatic carbocycles. The first-order valence-electron chi connectivity index (χ1n) is 9.27. The Morgan fingerprint density at radius 2 is 2.13 bits per heavy atom. The Kier molecular flexibility index (Phi) is 4.97. The monoisotopic (exact) mass is 335 g/mol. The Morgan fingerprint density at radius 1 is 1.26 bits per heavy atom. The molecule has 2 aliphatic heterocycles. The van der Waals surface area contributed by atoms with Crippen LogP contribution in [0.1, 0.15) is 55.7 Å². The van der Waals surface area contributed by atoms with Gasteiger partial charge in [0.2, 0.25) is 0 Å². The van der Waals surface area contributed by atoms with Crippen molar-refractivity contribution in [1.82, 2.24) is 14.7 Å². The molecular weight excluding hydrogens is 306 g/mol. The van der Waals surface area contributed by atoms with Crippen molar-refractivity contribution >= 4 is 11.8 Å². The highest BCUT2D eigenvalue weighted by molar-refractivity contribution is 8.00. The molecule has 4 nitrogen and oxygen atoms in total. The first-order valence-corrected chi connectivity index (χ1v) is 10.3. The first kappa shape index (κ1) is 16.0. The lowest BCUT2D eigenvalue weighted by molar-refractivity contribution is 0.0350. The molecule has 2 atom stereocenters. The van der Waals surface area contributed by atoms with Gasteiger partial charge in [-0.25, -0.2) is 0 Å². The second-order valence-electron chi connectivity index (χ2n) is 7.36. The van der Waals surface area contributed by atoms with Crippen molar-refractivity contribution in [3.63, 3.8) is 0 Å². The van der Waals surface area contributed by atoms with Gasteiger partial charge >= 0.3 is 0 Å². The summed E-state index contributed by atoms with van der Waals surface area (Å²) >= 11 is 2.11. The fourth-order valence-electron chi connectivity index (χ4n) is 4.58. The maximum Gasteiger partial charge on any atom is 0.0700 e. The summed E-state index contributed by atoms with van der Waals surface area (Å²) in [7, 11) is 2.08. The summed E-state index contributed by atoms with van der Waals surface area (Å²) in [5.41, 5.74) is 2.88. The van der Waals surface area contributed by atoms with Crippen LogP contribution in [0.3, 0.4) is 0 Å². The molecule has 3 aliphatic rings. The molecule has 0 N–H and O–H groups in total. The van der Waals surface area contributed by atoms with E-state index in [-0.39, 0.29) is 0 Å². The Labute approximate surface area is 143 Å². The van der Waals surface area contributed by atoms with E-state index < -0.39 is 0 Å². The minimum atomic E-state index is 0.673. The van der Waals surface area contributed by atoms with E-state index in [0.29, 0.717) is 17.2 Å². The Morgan fingerprint density at radius 3 is 3.00 bits per heavy atom. The van der Waals surface area contributed by atoms with Gasteiger partial charge in [-0.3, -0.25) is 9.58 Å². The van der Waals surface area contributed by atoms with Crippen molar-refractivity contribution in [2.24, 2.45) is 7.05 Å². The van der Waals surface area contributed by atoms with Crippen LogP contribution < -0.4 is 0 Å². The molecule has 23 heavy (non-hydrogen) atoms. The van der Waals surface area contributed by atoms with Gasteiger partial charge in [0.25, 0.3) is 0 Å². The van der Waals surface area contributed by atoms with Crippen LogP contribution in [-0.4, -0.2) is 51.5 Å². The summed E-state index contributed by atoms with van der Waals surface area (Å²) in [6.07, 6.45) is 10.3. The third-order valence-electron chi connectivity index (χ3n) is 5.75. The van der Waals surface area contributed by atoms with Gasteiger partial charge in [0, 0.05) is 61.5 Å².